The predicted molar refractivity (Wildman–Crippen MR) is 130 cm³/mol. The van der Waals surface area contributed by atoms with Crippen molar-refractivity contribution in [1.82, 2.24) is 4.90 Å². The Morgan fingerprint density at radius 1 is 0.314 bits per heavy atom. The summed E-state index contributed by atoms with van der Waals surface area (Å²) in [7, 11) is 0. The predicted octanol–water partition coefficient (Wildman–Crippen LogP) is 9.89. The summed E-state index contributed by atoms with van der Waals surface area (Å²) in [4.78, 5) is -0.119. The summed E-state index contributed by atoms with van der Waals surface area (Å²) < 4.78 is 303. The van der Waals surface area contributed by atoms with Gasteiger partial charge in [0.05, 0.1) is 11.5 Å². The Hall–Kier alpha value is -4.56. The Kier molecular flexibility index (Phi) is 10.4. The maximum absolute atomic E-state index is 16.0. The van der Waals surface area contributed by atoms with Crippen molar-refractivity contribution >= 4 is 0 Å². The largest absolute Gasteiger partial charge is 0.295 e. The minimum atomic E-state index is -5.65. The van der Waals surface area contributed by atoms with Gasteiger partial charge in [-0.2, -0.15) is 0 Å². The van der Waals surface area contributed by atoms with E-state index in [9.17, 15) is 52.7 Å². The second kappa shape index (κ2) is 13.5. The molecule has 0 radical (unpaired) electrons. The van der Waals surface area contributed by atoms with E-state index in [2.05, 4.69) is 0 Å². The lowest BCUT2D eigenvalue weighted by Gasteiger charge is -2.47. The fraction of sp³-hybridized carbons (Fsp3) is 0.200. The third kappa shape index (κ3) is 5.28. The number of hydrogen-bond acceptors (Lipinski definition) is 1. The van der Waals surface area contributed by atoms with Crippen LogP contribution in [0.5, 0.6) is 0 Å². The lowest BCUT2D eigenvalue weighted by atomic mass is 9.61. The molecular formula is C30H11F20N. The Labute approximate surface area is 270 Å². The molecule has 0 bridgehead atoms. The van der Waals surface area contributed by atoms with Crippen molar-refractivity contribution in [3.63, 3.8) is 0 Å². The van der Waals surface area contributed by atoms with Gasteiger partial charge in [-0.1, -0.05) is 13.8 Å². The number of likely N-dealkylation sites (N-methyl/N-ethyl adjacent to an activating group) is 1. The van der Waals surface area contributed by atoms with Crippen molar-refractivity contribution in [2.24, 2.45) is 0 Å². The molecule has 0 fully saturated rings. The first kappa shape index (κ1) is 39.2. The first-order chi connectivity index (χ1) is 23.6. The third-order valence-corrected chi connectivity index (χ3v) is 7.92. The summed E-state index contributed by atoms with van der Waals surface area (Å²) in [6, 6.07) is -4.16. The van der Waals surface area contributed by atoms with Crippen molar-refractivity contribution in [1.29, 1.82) is 0 Å². The highest BCUT2D eigenvalue weighted by molar-refractivity contribution is 5.58. The van der Waals surface area contributed by atoms with E-state index < -0.39 is 163 Å². The summed E-state index contributed by atoms with van der Waals surface area (Å²) in [5, 5.41) is 0. The molecule has 1 atom stereocenters. The van der Waals surface area contributed by atoms with E-state index in [4.69, 9.17) is 0 Å². The monoisotopic (exact) mass is 765 g/mol. The van der Waals surface area contributed by atoms with Crippen LogP contribution in [-0.2, 0) is 5.41 Å². The summed E-state index contributed by atoms with van der Waals surface area (Å²) in [6.45, 7) is -1.07. The summed E-state index contributed by atoms with van der Waals surface area (Å²) in [5.41, 5.74) is -18.5. The van der Waals surface area contributed by atoms with Gasteiger partial charge in [-0.15, -0.1) is 0 Å². The van der Waals surface area contributed by atoms with Crippen molar-refractivity contribution in [2.45, 2.75) is 25.3 Å². The molecule has 0 amide bonds. The summed E-state index contributed by atoms with van der Waals surface area (Å²) >= 11 is 0. The zero-order valence-electron chi connectivity index (χ0n) is 24.5. The molecule has 276 valence electrons. The number of rotatable bonds is 8. The van der Waals surface area contributed by atoms with Crippen LogP contribution in [0.25, 0.3) is 0 Å². The zero-order chi connectivity index (χ0) is 38.9. The van der Waals surface area contributed by atoms with Crippen LogP contribution >= 0.6 is 0 Å². The summed E-state index contributed by atoms with van der Waals surface area (Å²) in [6.07, 6.45) is 0. The molecule has 0 aromatic heterocycles. The SMILES string of the molecule is CCN(CC)C(c1c(F)c(F)c(F)c(F)c1F)C(c1c(F)c(F)c(F)c(F)c1F)(c1c(F)c(F)c(F)c(F)c1F)c1c(F)c(F)c(F)c(F)c1F. The number of hydrogen-bond donors (Lipinski definition) is 0. The molecule has 0 heterocycles. The highest BCUT2D eigenvalue weighted by atomic mass is 19.2. The lowest BCUT2D eigenvalue weighted by Crippen LogP contribution is -2.51. The van der Waals surface area contributed by atoms with Gasteiger partial charge in [0.1, 0.15) is 0 Å². The molecule has 0 N–H and O–H groups in total. The molecule has 0 saturated heterocycles. The van der Waals surface area contributed by atoms with Crippen molar-refractivity contribution in [2.75, 3.05) is 13.1 Å². The second-order valence-corrected chi connectivity index (χ2v) is 10.3. The highest BCUT2D eigenvalue weighted by Crippen LogP contribution is 2.58. The maximum atomic E-state index is 16.0. The second-order valence-electron chi connectivity index (χ2n) is 10.3. The Morgan fingerprint density at radius 3 is 0.686 bits per heavy atom. The summed E-state index contributed by atoms with van der Waals surface area (Å²) in [5.74, 6) is -67.8. The molecule has 0 aliphatic heterocycles. The molecule has 4 aromatic rings. The van der Waals surface area contributed by atoms with E-state index in [-0.39, 0.29) is 4.90 Å². The van der Waals surface area contributed by atoms with Crippen LogP contribution in [0.1, 0.15) is 42.1 Å². The zero-order valence-corrected chi connectivity index (χ0v) is 24.5. The molecule has 51 heavy (non-hydrogen) atoms. The minimum Gasteiger partial charge on any atom is -0.295 e. The Morgan fingerprint density at radius 2 is 0.490 bits per heavy atom. The van der Waals surface area contributed by atoms with Gasteiger partial charge < -0.3 is 0 Å². The van der Waals surface area contributed by atoms with Gasteiger partial charge in [0.15, 0.2) is 93.1 Å². The first-order valence-corrected chi connectivity index (χ1v) is 13.4. The van der Waals surface area contributed by atoms with E-state index in [1.54, 1.807) is 0 Å². The van der Waals surface area contributed by atoms with E-state index in [0.717, 1.165) is 0 Å². The number of benzene rings is 4. The fourth-order valence-corrected chi connectivity index (χ4v) is 5.76. The van der Waals surface area contributed by atoms with Gasteiger partial charge >= 0.3 is 0 Å². The minimum absolute atomic E-state index is 0.119. The van der Waals surface area contributed by atoms with Crippen molar-refractivity contribution in [3.8, 4) is 0 Å². The number of nitrogens with zero attached hydrogens (tertiary/aromatic N) is 1. The van der Waals surface area contributed by atoms with E-state index >= 15 is 35.1 Å². The van der Waals surface area contributed by atoms with Crippen LogP contribution < -0.4 is 0 Å². The fourth-order valence-electron chi connectivity index (χ4n) is 5.76. The maximum Gasteiger partial charge on any atom is 0.200 e. The van der Waals surface area contributed by atoms with E-state index in [1.807, 2.05) is 0 Å². The first-order valence-electron chi connectivity index (χ1n) is 13.4. The molecule has 1 nitrogen and oxygen atoms in total. The van der Waals surface area contributed by atoms with Gasteiger partial charge in [-0.05, 0) is 13.1 Å². The molecule has 0 aliphatic carbocycles. The quantitative estimate of drug-likeness (QED) is 0.0748. The average molecular weight is 765 g/mol. The molecule has 21 heteroatoms. The smallest absolute Gasteiger partial charge is 0.200 e. The molecule has 4 aromatic carbocycles. The average Bonchev–Trinajstić information content (AvgIpc) is 3.10. The van der Waals surface area contributed by atoms with E-state index in [1.165, 1.54) is 0 Å². The number of halogens is 20. The van der Waals surface area contributed by atoms with Crippen LogP contribution in [0.15, 0.2) is 0 Å². The van der Waals surface area contributed by atoms with Gasteiger partial charge in [-0.25, -0.2) is 87.8 Å². The van der Waals surface area contributed by atoms with Crippen LogP contribution in [0.3, 0.4) is 0 Å². The topological polar surface area (TPSA) is 3.24 Å². The third-order valence-electron chi connectivity index (χ3n) is 7.92. The normalized spacial score (nSPS) is 12.8. The van der Waals surface area contributed by atoms with Gasteiger partial charge in [0.25, 0.3) is 0 Å². The Bertz CT molecular complexity index is 1820. The molecule has 0 saturated carbocycles. The highest BCUT2D eigenvalue weighted by Gasteiger charge is 2.60. The van der Waals surface area contributed by atoms with E-state index in [0.29, 0.717) is 13.8 Å². The molecular weight excluding hydrogens is 754 g/mol. The van der Waals surface area contributed by atoms with Crippen molar-refractivity contribution in [3.05, 3.63) is 139 Å². The van der Waals surface area contributed by atoms with Crippen LogP contribution in [0.2, 0.25) is 0 Å². The Balaban J connectivity index is 2.72. The lowest BCUT2D eigenvalue weighted by molar-refractivity contribution is 0.138. The van der Waals surface area contributed by atoms with Gasteiger partial charge in [0.2, 0.25) is 23.3 Å². The van der Waals surface area contributed by atoms with Crippen molar-refractivity contribution < 1.29 is 87.8 Å². The molecule has 4 rings (SSSR count). The molecule has 0 aliphatic rings. The standard InChI is InChI=1S/C30H11F20N/c1-3-51(4-2)29(5-9(31)17(39)25(47)18(40)10(5)32)30(6-11(33)19(41)26(48)20(42)12(6)34,7-13(35)21(43)27(49)22(44)14(7)36)8-15(37)23(45)28(50)24(46)16(8)38/h29H,3-4H2,1-2H3. The molecule has 0 spiro atoms. The van der Waals surface area contributed by atoms with Crippen LogP contribution in [0, 0.1) is 116 Å². The molecule has 1 unspecified atom stereocenters. The van der Waals surface area contributed by atoms with Gasteiger partial charge in [-0.3, -0.25) is 4.90 Å². The van der Waals surface area contributed by atoms with Crippen LogP contribution in [0.4, 0.5) is 87.8 Å². The van der Waals surface area contributed by atoms with Crippen LogP contribution in [-0.4, -0.2) is 18.0 Å². The van der Waals surface area contributed by atoms with Gasteiger partial charge in [0, 0.05) is 22.3 Å².